The third kappa shape index (κ3) is 6.74. The first-order valence-corrected chi connectivity index (χ1v) is 8.16. The van der Waals surface area contributed by atoms with Crippen molar-refractivity contribution in [1.29, 1.82) is 0 Å². The van der Waals surface area contributed by atoms with Gasteiger partial charge in [0.15, 0.2) is 0 Å². The van der Waals surface area contributed by atoms with Crippen LogP contribution in [0.25, 0.3) is 0 Å². The summed E-state index contributed by atoms with van der Waals surface area (Å²) in [5.74, 6) is -0.663. The van der Waals surface area contributed by atoms with Crippen molar-refractivity contribution in [1.82, 2.24) is 4.90 Å². The van der Waals surface area contributed by atoms with Crippen LogP contribution in [0.15, 0.2) is 24.3 Å². The van der Waals surface area contributed by atoms with Crippen LogP contribution in [-0.2, 0) is 14.3 Å². The van der Waals surface area contributed by atoms with Crippen LogP contribution in [0.4, 0.5) is 9.18 Å². The molecule has 1 amide bonds. The number of ether oxygens (including phenoxy) is 2. The van der Waals surface area contributed by atoms with Crippen LogP contribution in [0.5, 0.6) is 0 Å². The molecule has 0 spiro atoms. The van der Waals surface area contributed by atoms with Gasteiger partial charge in [0, 0.05) is 24.9 Å². The molecule has 1 unspecified atom stereocenters. The van der Waals surface area contributed by atoms with Gasteiger partial charge in [-0.2, -0.15) is 0 Å². The predicted octanol–water partition coefficient (Wildman–Crippen LogP) is 4.25. The van der Waals surface area contributed by atoms with E-state index in [9.17, 15) is 14.0 Å². The van der Waals surface area contributed by atoms with Gasteiger partial charge in [-0.05, 0) is 39.3 Å². The number of halogens is 2. The molecule has 0 radical (unpaired) electrons. The topological polar surface area (TPSA) is 55.8 Å². The van der Waals surface area contributed by atoms with E-state index in [1.165, 1.54) is 36.1 Å². The highest BCUT2D eigenvalue weighted by atomic mass is 35.5. The Kier molecular flexibility index (Phi) is 7.48. The molecule has 0 aliphatic heterocycles. The van der Waals surface area contributed by atoms with Crippen molar-refractivity contribution in [3.63, 3.8) is 0 Å². The molecule has 1 atom stereocenters. The molecule has 0 N–H and O–H groups in total. The molecule has 1 aromatic rings. The molecule has 1 aromatic carbocycles. The van der Waals surface area contributed by atoms with Crippen molar-refractivity contribution in [2.24, 2.45) is 0 Å². The predicted molar refractivity (Wildman–Crippen MR) is 89.2 cm³/mol. The Morgan fingerprint density at radius 2 is 1.83 bits per heavy atom. The van der Waals surface area contributed by atoms with E-state index in [2.05, 4.69) is 0 Å². The summed E-state index contributed by atoms with van der Waals surface area (Å²) in [6.07, 6.45) is -1.16. The molecule has 0 aliphatic carbocycles. The highest BCUT2D eigenvalue weighted by molar-refractivity contribution is 6.17. The lowest BCUT2D eigenvalue weighted by Crippen LogP contribution is -2.41. The van der Waals surface area contributed by atoms with Crippen molar-refractivity contribution >= 4 is 23.7 Å². The largest absolute Gasteiger partial charge is 0.444 e. The summed E-state index contributed by atoms with van der Waals surface area (Å²) in [6, 6.07) is 5.39. The number of hydrogen-bond donors (Lipinski definition) is 0. The number of esters is 1. The zero-order valence-corrected chi connectivity index (χ0v) is 15.1. The van der Waals surface area contributed by atoms with Gasteiger partial charge in [-0.15, -0.1) is 11.6 Å². The Morgan fingerprint density at radius 1 is 1.25 bits per heavy atom. The molecule has 24 heavy (non-hydrogen) atoms. The lowest BCUT2D eigenvalue weighted by molar-refractivity contribution is -0.156. The Morgan fingerprint density at radius 3 is 2.29 bits per heavy atom. The Bertz CT molecular complexity index is 557. The molecule has 0 saturated carbocycles. The second-order valence-corrected chi connectivity index (χ2v) is 6.61. The second kappa shape index (κ2) is 8.87. The summed E-state index contributed by atoms with van der Waals surface area (Å²) < 4.78 is 23.8. The first-order chi connectivity index (χ1) is 11.1. The van der Waals surface area contributed by atoms with Crippen molar-refractivity contribution in [2.45, 2.75) is 45.9 Å². The fourth-order valence-electron chi connectivity index (χ4n) is 1.95. The van der Waals surface area contributed by atoms with Crippen LogP contribution in [0, 0.1) is 5.82 Å². The van der Waals surface area contributed by atoms with Gasteiger partial charge in [0.1, 0.15) is 11.4 Å². The zero-order valence-electron chi connectivity index (χ0n) is 14.3. The lowest BCUT2D eigenvalue weighted by atomic mass is 10.1. The van der Waals surface area contributed by atoms with Crippen molar-refractivity contribution in [2.75, 3.05) is 12.4 Å². The maximum Gasteiger partial charge on any atom is 0.413 e. The maximum atomic E-state index is 13.2. The molecule has 0 heterocycles. The minimum atomic E-state index is -1.01. The van der Waals surface area contributed by atoms with Gasteiger partial charge in [0.2, 0.25) is 6.23 Å². The normalized spacial score (nSPS) is 12.4. The maximum absolute atomic E-state index is 13.2. The van der Waals surface area contributed by atoms with Gasteiger partial charge in [-0.3, -0.25) is 9.69 Å². The smallest absolute Gasteiger partial charge is 0.413 e. The van der Waals surface area contributed by atoms with Gasteiger partial charge in [-0.1, -0.05) is 12.1 Å². The number of alkyl halides is 1. The van der Waals surface area contributed by atoms with E-state index in [0.717, 1.165) is 0 Å². The number of hydrogen-bond acceptors (Lipinski definition) is 4. The van der Waals surface area contributed by atoms with Gasteiger partial charge < -0.3 is 9.47 Å². The number of benzene rings is 1. The summed E-state index contributed by atoms with van der Waals surface area (Å²) in [4.78, 5) is 25.3. The van der Waals surface area contributed by atoms with E-state index in [0.29, 0.717) is 17.9 Å². The minimum Gasteiger partial charge on any atom is -0.444 e. The van der Waals surface area contributed by atoms with E-state index in [1.54, 1.807) is 20.8 Å². The highest BCUT2D eigenvalue weighted by Crippen LogP contribution is 2.25. The zero-order chi connectivity index (χ0) is 18.3. The van der Waals surface area contributed by atoms with Crippen LogP contribution in [0.1, 0.15) is 45.9 Å². The van der Waals surface area contributed by atoms with E-state index >= 15 is 0 Å². The summed E-state index contributed by atoms with van der Waals surface area (Å²) in [7, 11) is 0. The van der Waals surface area contributed by atoms with Crippen LogP contribution in [0.2, 0.25) is 0 Å². The number of nitrogens with zero attached hydrogens (tertiary/aromatic N) is 1. The molecule has 5 nitrogen and oxygen atoms in total. The van der Waals surface area contributed by atoms with Gasteiger partial charge >= 0.3 is 12.1 Å². The molecule has 0 fully saturated rings. The fourth-order valence-corrected chi connectivity index (χ4v) is 2.07. The van der Waals surface area contributed by atoms with E-state index in [4.69, 9.17) is 21.1 Å². The molecule has 0 aromatic heterocycles. The van der Waals surface area contributed by atoms with Crippen LogP contribution >= 0.6 is 11.6 Å². The van der Waals surface area contributed by atoms with Gasteiger partial charge in [-0.25, -0.2) is 9.18 Å². The number of carbonyl (C=O) groups is 2. The molecule has 7 heteroatoms. The van der Waals surface area contributed by atoms with E-state index in [-0.39, 0.29) is 6.54 Å². The number of amides is 1. The summed E-state index contributed by atoms with van der Waals surface area (Å²) in [5.41, 5.74) is -0.244. The van der Waals surface area contributed by atoms with Gasteiger partial charge in [0.05, 0.1) is 0 Å². The van der Waals surface area contributed by atoms with Crippen molar-refractivity contribution < 1.29 is 23.5 Å². The molecule has 134 valence electrons. The minimum absolute atomic E-state index is 0.230. The SMILES string of the molecule is CC(=O)OC(c1ccc(F)cc1)N(CCCCl)C(=O)OC(C)(C)C. The monoisotopic (exact) mass is 359 g/mol. The second-order valence-electron chi connectivity index (χ2n) is 6.23. The average Bonchev–Trinajstić information content (AvgIpc) is 2.45. The molecule has 0 saturated heterocycles. The Hall–Kier alpha value is -1.82. The Balaban J connectivity index is 3.15. The van der Waals surface area contributed by atoms with Crippen LogP contribution < -0.4 is 0 Å². The lowest BCUT2D eigenvalue weighted by Gasteiger charge is -2.33. The van der Waals surface area contributed by atoms with Crippen molar-refractivity contribution in [3.8, 4) is 0 Å². The number of carbonyl (C=O) groups excluding carboxylic acids is 2. The molecule has 1 rings (SSSR count). The summed E-state index contributed by atoms with van der Waals surface area (Å²) in [5, 5.41) is 0. The van der Waals surface area contributed by atoms with Crippen LogP contribution in [0.3, 0.4) is 0 Å². The summed E-state index contributed by atoms with van der Waals surface area (Å²) in [6.45, 7) is 6.69. The van der Waals surface area contributed by atoms with E-state index in [1.807, 2.05) is 0 Å². The standard InChI is InChI=1S/C17H23ClFNO4/c1-12(21)23-15(13-6-8-14(19)9-7-13)20(11-5-10-18)16(22)24-17(2,3)4/h6-9,15H,5,10-11H2,1-4H3. The van der Waals surface area contributed by atoms with E-state index < -0.39 is 29.7 Å². The van der Waals surface area contributed by atoms with Gasteiger partial charge in [0.25, 0.3) is 0 Å². The van der Waals surface area contributed by atoms with Crippen LogP contribution in [-0.4, -0.2) is 35.0 Å². The molecular weight excluding hydrogens is 337 g/mol. The quantitative estimate of drug-likeness (QED) is 0.433. The highest BCUT2D eigenvalue weighted by Gasteiger charge is 2.31. The molecular formula is C17H23ClFNO4. The number of rotatable bonds is 6. The first-order valence-electron chi connectivity index (χ1n) is 7.62. The fraction of sp³-hybridized carbons (Fsp3) is 0.529. The molecule has 0 aliphatic rings. The van der Waals surface area contributed by atoms with Crippen molar-refractivity contribution in [3.05, 3.63) is 35.6 Å². The first kappa shape index (κ1) is 20.2. The average molecular weight is 360 g/mol. The third-order valence-corrected chi connectivity index (χ3v) is 3.14. The molecule has 0 bridgehead atoms. The third-order valence-electron chi connectivity index (χ3n) is 2.88. The Labute approximate surface area is 146 Å². The summed E-state index contributed by atoms with van der Waals surface area (Å²) >= 11 is 5.72.